The normalized spacial score (nSPS) is 11.5. The minimum Gasteiger partial charge on any atom is -0.494 e. The topological polar surface area (TPSA) is 78.9 Å². The van der Waals surface area contributed by atoms with Crippen molar-refractivity contribution in [2.45, 2.75) is 26.3 Å². The van der Waals surface area contributed by atoms with Gasteiger partial charge in [0.25, 0.3) is 0 Å². The monoisotopic (exact) mass is 370 g/mol. The van der Waals surface area contributed by atoms with Crippen LogP contribution in [-0.2, 0) is 9.59 Å². The number of carboxylic acids is 1. The highest BCUT2D eigenvalue weighted by molar-refractivity contribution is 5.84. The summed E-state index contributed by atoms with van der Waals surface area (Å²) in [5.41, 5.74) is 1.61. The second-order valence-corrected chi connectivity index (χ2v) is 6.08. The lowest BCUT2D eigenvalue weighted by Gasteiger charge is -2.25. The van der Waals surface area contributed by atoms with Gasteiger partial charge in [-0.25, -0.2) is 0 Å². The molecule has 2 aromatic rings. The van der Waals surface area contributed by atoms with Gasteiger partial charge in [-0.2, -0.15) is 0 Å². The summed E-state index contributed by atoms with van der Waals surface area (Å²) in [4.78, 5) is 25.4. The maximum Gasteiger partial charge on any atom is 0.323 e. The zero-order chi connectivity index (χ0) is 19.6. The van der Waals surface area contributed by atoms with Crippen molar-refractivity contribution in [1.82, 2.24) is 5.32 Å². The van der Waals surface area contributed by atoms with E-state index in [9.17, 15) is 9.59 Å². The molecule has 1 atom stereocenters. The van der Waals surface area contributed by atoms with Crippen LogP contribution in [0.5, 0.6) is 5.75 Å². The average Bonchev–Trinajstić information content (AvgIpc) is 2.67. The molecule has 0 spiro atoms. The molecule has 0 aliphatic rings. The van der Waals surface area contributed by atoms with Gasteiger partial charge in [0, 0.05) is 11.3 Å². The molecule has 0 fully saturated rings. The van der Waals surface area contributed by atoms with Gasteiger partial charge in [0.05, 0.1) is 19.2 Å². The lowest BCUT2D eigenvalue weighted by atomic mass is 10.0. The van der Waals surface area contributed by atoms with E-state index in [2.05, 4.69) is 5.32 Å². The summed E-state index contributed by atoms with van der Waals surface area (Å²) in [6, 6.07) is 16.5. The van der Waals surface area contributed by atoms with Crippen LogP contribution in [0.15, 0.2) is 54.6 Å². The number of amides is 1. The first-order valence-corrected chi connectivity index (χ1v) is 9.08. The number of nitrogens with zero attached hydrogens (tertiary/aromatic N) is 1. The maximum absolute atomic E-state index is 12.6. The van der Waals surface area contributed by atoms with Crippen LogP contribution < -0.4 is 15.0 Å². The molecule has 0 radical (unpaired) electrons. The van der Waals surface area contributed by atoms with Crippen molar-refractivity contribution in [3.63, 3.8) is 0 Å². The third-order valence-corrected chi connectivity index (χ3v) is 4.12. The molecule has 0 aliphatic carbocycles. The van der Waals surface area contributed by atoms with Crippen molar-refractivity contribution in [1.29, 1.82) is 0 Å². The third-order valence-electron chi connectivity index (χ3n) is 4.12. The van der Waals surface area contributed by atoms with Gasteiger partial charge in [-0.15, -0.1) is 0 Å². The van der Waals surface area contributed by atoms with Crippen LogP contribution in [0, 0.1) is 0 Å². The van der Waals surface area contributed by atoms with Crippen LogP contribution >= 0.6 is 0 Å². The van der Waals surface area contributed by atoms with Crippen LogP contribution in [0.25, 0.3) is 0 Å². The molecule has 0 heterocycles. The lowest BCUT2D eigenvalue weighted by molar-refractivity contribution is -0.135. The summed E-state index contributed by atoms with van der Waals surface area (Å²) in [7, 11) is 0. The van der Waals surface area contributed by atoms with Crippen molar-refractivity contribution in [2.24, 2.45) is 0 Å². The number of carbonyl (C=O) groups is 2. The quantitative estimate of drug-likeness (QED) is 0.671. The Hall–Kier alpha value is -3.02. The smallest absolute Gasteiger partial charge is 0.323 e. The summed E-state index contributed by atoms with van der Waals surface area (Å²) in [6.45, 7) is 4.16. The van der Waals surface area contributed by atoms with Gasteiger partial charge in [-0.1, -0.05) is 43.3 Å². The van der Waals surface area contributed by atoms with Gasteiger partial charge in [-0.3, -0.25) is 9.59 Å². The van der Waals surface area contributed by atoms with Gasteiger partial charge < -0.3 is 20.1 Å². The highest BCUT2D eigenvalue weighted by Gasteiger charge is 2.20. The van der Waals surface area contributed by atoms with E-state index in [1.54, 1.807) is 17.0 Å². The van der Waals surface area contributed by atoms with Gasteiger partial charge in [0.1, 0.15) is 12.3 Å². The van der Waals surface area contributed by atoms with E-state index in [0.29, 0.717) is 18.7 Å². The number of rotatable bonds is 10. The molecule has 27 heavy (non-hydrogen) atoms. The number of carbonyl (C=O) groups excluding carboxylic acids is 1. The Morgan fingerprint density at radius 1 is 1.04 bits per heavy atom. The maximum atomic E-state index is 12.6. The number of hydrogen-bond acceptors (Lipinski definition) is 4. The minimum absolute atomic E-state index is 0.0381. The summed E-state index contributed by atoms with van der Waals surface area (Å²) < 4.78 is 5.66. The van der Waals surface area contributed by atoms with Gasteiger partial charge >= 0.3 is 5.97 Å². The van der Waals surface area contributed by atoms with Crippen LogP contribution in [-0.4, -0.2) is 36.7 Å². The number of hydrogen-bond donors (Lipinski definition) is 2. The zero-order valence-electron chi connectivity index (χ0n) is 15.7. The van der Waals surface area contributed by atoms with Crippen molar-refractivity contribution < 1.29 is 19.4 Å². The summed E-state index contributed by atoms with van der Waals surface area (Å²) in [6.07, 6.45) is 0.695. The fraction of sp³-hybridized carbons (Fsp3) is 0.333. The molecule has 0 aliphatic heterocycles. The molecule has 0 aromatic heterocycles. The molecule has 2 aromatic carbocycles. The highest BCUT2D eigenvalue weighted by atomic mass is 16.5. The molecule has 2 rings (SSSR count). The number of carboxylic acid groups (broad SMARTS) is 1. The third kappa shape index (κ3) is 6.02. The van der Waals surface area contributed by atoms with Crippen LogP contribution in [0.4, 0.5) is 5.69 Å². The highest BCUT2D eigenvalue weighted by Crippen LogP contribution is 2.27. The molecule has 0 saturated carbocycles. The molecule has 6 nitrogen and oxygen atoms in total. The average molecular weight is 370 g/mol. The van der Waals surface area contributed by atoms with E-state index in [4.69, 9.17) is 9.84 Å². The second-order valence-electron chi connectivity index (χ2n) is 6.08. The molecule has 1 unspecified atom stereocenters. The van der Waals surface area contributed by atoms with Crippen LogP contribution in [0.2, 0.25) is 0 Å². The molecule has 0 saturated heterocycles. The summed E-state index contributed by atoms with van der Waals surface area (Å²) in [5.74, 6) is -0.476. The van der Waals surface area contributed by atoms with E-state index in [1.165, 1.54) is 0 Å². The standard InChI is InChI=1S/C21H26N2O4/c1-3-18(17-12-8-9-13-19(17)27-4-2)22-20(24)14-23(15-21(25)26)16-10-6-5-7-11-16/h5-13,18H,3-4,14-15H2,1-2H3,(H,22,24)(H,25,26). The number of nitrogens with one attached hydrogen (secondary N) is 1. The Labute approximate surface area is 159 Å². The number of para-hydroxylation sites is 2. The molecular formula is C21H26N2O4. The van der Waals surface area contributed by atoms with E-state index < -0.39 is 5.97 Å². The SMILES string of the molecule is CCOc1ccccc1C(CC)NC(=O)CN(CC(=O)O)c1ccccc1. The Morgan fingerprint density at radius 2 is 1.70 bits per heavy atom. The van der Waals surface area contributed by atoms with Crippen molar-refractivity contribution in [3.05, 3.63) is 60.2 Å². The molecule has 0 bridgehead atoms. The van der Waals surface area contributed by atoms with E-state index in [0.717, 1.165) is 11.3 Å². The molecule has 144 valence electrons. The van der Waals surface area contributed by atoms with Crippen molar-refractivity contribution in [2.75, 3.05) is 24.6 Å². The lowest BCUT2D eigenvalue weighted by Crippen LogP contribution is -2.41. The molecule has 6 heteroatoms. The van der Waals surface area contributed by atoms with Crippen LogP contribution in [0.1, 0.15) is 31.9 Å². The Kier molecular flexibility index (Phi) is 7.67. The number of aliphatic carboxylic acids is 1. The van der Waals surface area contributed by atoms with E-state index in [-0.39, 0.29) is 25.0 Å². The predicted octanol–water partition coefficient (Wildman–Crippen LogP) is 3.24. The molecule has 1 amide bonds. The number of ether oxygens (including phenoxy) is 1. The predicted molar refractivity (Wildman–Crippen MR) is 105 cm³/mol. The fourth-order valence-electron chi connectivity index (χ4n) is 2.91. The molecule has 2 N–H and O–H groups in total. The van der Waals surface area contributed by atoms with E-state index >= 15 is 0 Å². The molecular weight excluding hydrogens is 344 g/mol. The first kappa shape index (κ1) is 20.3. The Morgan fingerprint density at radius 3 is 2.33 bits per heavy atom. The zero-order valence-corrected chi connectivity index (χ0v) is 15.7. The minimum atomic E-state index is -0.986. The Bertz CT molecular complexity index is 749. The number of anilines is 1. The van der Waals surface area contributed by atoms with Crippen molar-refractivity contribution >= 4 is 17.6 Å². The van der Waals surface area contributed by atoms with Gasteiger partial charge in [0.15, 0.2) is 0 Å². The largest absolute Gasteiger partial charge is 0.494 e. The summed E-state index contributed by atoms with van der Waals surface area (Å²) in [5, 5.41) is 12.2. The number of benzene rings is 2. The van der Waals surface area contributed by atoms with Gasteiger partial charge in [-0.05, 0) is 31.5 Å². The first-order valence-electron chi connectivity index (χ1n) is 9.08. The van der Waals surface area contributed by atoms with E-state index in [1.807, 2.05) is 56.3 Å². The van der Waals surface area contributed by atoms with Gasteiger partial charge in [0.2, 0.25) is 5.91 Å². The second kappa shape index (κ2) is 10.2. The summed E-state index contributed by atoms with van der Waals surface area (Å²) >= 11 is 0. The first-order chi connectivity index (χ1) is 13.0. The van der Waals surface area contributed by atoms with Crippen LogP contribution in [0.3, 0.4) is 0 Å². The van der Waals surface area contributed by atoms with Crippen molar-refractivity contribution in [3.8, 4) is 5.75 Å². The Balaban J connectivity index is 2.12. The fourth-order valence-corrected chi connectivity index (χ4v) is 2.91.